The number of nitrogens with two attached hydrogens (primary N) is 1. The van der Waals surface area contributed by atoms with Gasteiger partial charge in [0.05, 0.1) is 12.1 Å². The van der Waals surface area contributed by atoms with Crippen molar-refractivity contribution in [2.24, 2.45) is 12.8 Å². The maximum absolute atomic E-state index is 11.4. The summed E-state index contributed by atoms with van der Waals surface area (Å²) in [6.45, 7) is 0.00336. The Labute approximate surface area is 91.6 Å². The van der Waals surface area contributed by atoms with Crippen LogP contribution in [0.5, 0.6) is 0 Å². The molecule has 0 aliphatic rings. The van der Waals surface area contributed by atoms with Crippen LogP contribution in [0.3, 0.4) is 0 Å². The summed E-state index contributed by atoms with van der Waals surface area (Å²) in [5, 5.41) is 5.23. The molecule has 0 bridgehead atoms. The van der Waals surface area contributed by atoms with Gasteiger partial charge in [-0.2, -0.15) is 5.10 Å². The Bertz CT molecular complexity index is 533. The van der Waals surface area contributed by atoms with Crippen molar-refractivity contribution in [3.63, 3.8) is 0 Å². The molecule has 0 aliphatic carbocycles. The zero-order valence-electron chi connectivity index (χ0n) is 8.20. The molecule has 15 heavy (non-hydrogen) atoms. The molecule has 2 N–H and O–H groups in total. The second kappa shape index (κ2) is 3.64. The topological polar surface area (TPSA) is 60.9 Å². The first-order valence-electron chi connectivity index (χ1n) is 4.49. The van der Waals surface area contributed by atoms with Crippen molar-refractivity contribution in [1.82, 2.24) is 9.78 Å². The van der Waals surface area contributed by atoms with Crippen LogP contribution in [0.4, 0.5) is 0 Å². The molecule has 2 rings (SSSR count). The van der Waals surface area contributed by atoms with Crippen LogP contribution in [-0.4, -0.2) is 22.1 Å². The molecule has 1 aromatic carbocycles. The first-order chi connectivity index (χ1) is 7.13. The Morgan fingerprint density at radius 3 is 3.00 bits per heavy atom. The Morgan fingerprint density at radius 1 is 1.60 bits per heavy atom. The number of hydrogen-bond donors (Lipinski definition) is 1. The zero-order chi connectivity index (χ0) is 11.0. The molecule has 0 radical (unpaired) electrons. The summed E-state index contributed by atoms with van der Waals surface area (Å²) in [6, 6.07) is 5.27. The molecule has 0 fully saturated rings. The fraction of sp³-hybridized carbons (Fsp3) is 0.200. The highest BCUT2D eigenvalue weighted by molar-refractivity contribution is 6.34. The Hall–Kier alpha value is -1.39. The fourth-order valence-corrected chi connectivity index (χ4v) is 1.78. The smallest absolute Gasteiger partial charge is 0.176 e. The number of carbonyl (C=O) groups excluding carboxylic acids is 1. The molecular weight excluding hydrogens is 214 g/mol. The van der Waals surface area contributed by atoms with Crippen molar-refractivity contribution in [2.45, 2.75) is 0 Å². The van der Waals surface area contributed by atoms with E-state index < -0.39 is 0 Å². The number of aryl methyl sites for hydroxylation is 1. The van der Waals surface area contributed by atoms with Crippen LogP contribution >= 0.6 is 11.6 Å². The summed E-state index contributed by atoms with van der Waals surface area (Å²) in [7, 11) is 1.80. The zero-order valence-corrected chi connectivity index (χ0v) is 8.95. The van der Waals surface area contributed by atoms with Gasteiger partial charge in [-0.05, 0) is 18.2 Å². The van der Waals surface area contributed by atoms with Gasteiger partial charge >= 0.3 is 0 Å². The van der Waals surface area contributed by atoms with Crippen LogP contribution in [0.15, 0.2) is 18.2 Å². The molecule has 0 saturated heterocycles. The van der Waals surface area contributed by atoms with E-state index in [4.69, 9.17) is 17.3 Å². The minimum absolute atomic E-state index is 0.00336. The predicted octanol–water partition coefficient (Wildman–Crippen LogP) is 1.37. The number of carbonyl (C=O) groups is 1. The van der Waals surface area contributed by atoms with Gasteiger partial charge in [0.1, 0.15) is 0 Å². The lowest BCUT2D eigenvalue weighted by atomic mass is 10.1. The van der Waals surface area contributed by atoms with Crippen molar-refractivity contribution in [2.75, 3.05) is 6.54 Å². The highest BCUT2D eigenvalue weighted by Crippen LogP contribution is 2.23. The second-order valence-electron chi connectivity index (χ2n) is 3.27. The summed E-state index contributed by atoms with van der Waals surface area (Å²) >= 11 is 5.92. The van der Waals surface area contributed by atoms with Crippen LogP contribution < -0.4 is 5.73 Å². The third kappa shape index (κ3) is 1.62. The van der Waals surface area contributed by atoms with Gasteiger partial charge in [0.25, 0.3) is 0 Å². The lowest BCUT2D eigenvalue weighted by molar-refractivity contribution is 0.100. The van der Waals surface area contributed by atoms with Crippen molar-refractivity contribution in [3.8, 4) is 0 Å². The molecule has 0 amide bonds. The molecule has 0 spiro atoms. The maximum Gasteiger partial charge on any atom is 0.176 e. The minimum Gasteiger partial charge on any atom is -0.324 e. The van der Waals surface area contributed by atoms with E-state index in [0.717, 1.165) is 10.9 Å². The van der Waals surface area contributed by atoms with Crippen LogP contribution in [0, 0.1) is 0 Å². The van der Waals surface area contributed by atoms with Crippen molar-refractivity contribution < 1.29 is 4.79 Å². The summed E-state index contributed by atoms with van der Waals surface area (Å²) < 4.78 is 1.67. The van der Waals surface area contributed by atoms with E-state index in [9.17, 15) is 4.79 Å². The Balaban J connectivity index is 2.65. The van der Waals surface area contributed by atoms with Gasteiger partial charge in [-0.3, -0.25) is 9.48 Å². The van der Waals surface area contributed by atoms with Gasteiger partial charge in [0.15, 0.2) is 10.9 Å². The summed E-state index contributed by atoms with van der Waals surface area (Å²) in [6.07, 6.45) is 0. The van der Waals surface area contributed by atoms with E-state index in [1.165, 1.54) is 0 Å². The number of Topliss-reactive ketones (excluding diaryl/α,β-unsaturated/α-hetero) is 1. The van der Waals surface area contributed by atoms with Gasteiger partial charge < -0.3 is 5.73 Å². The number of benzene rings is 1. The third-order valence-corrected chi connectivity index (χ3v) is 2.59. The maximum atomic E-state index is 11.4. The van der Waals surface area contributed by atoms with E-state index in [-0.39, 0.29) is 12.3 Å². The van der Waals surface area contributed by atoms with Gasteiger partial charge in [0.2, 0.25) is 0 Å². The van der Waals surface area contributed by atoms with E-state index in [2.05, 4.69) is 5.10 Å². The van der Waals surface area contributed by atoms with Crippen LogP contribution in [-0.2, 0) is 7.05 Å². The summed E-state index contributed by atoms with van der Waals surface area (Å²) in [5.41, 5.74) is 6.75. The Kier molecular flexibility index (Phi) is 2.46. The number of nitrogens with zero attached hydrogens (tertiary/aromatic N) is 2. The number of rotatable bonds is 2. The molecule has 5 heteroatoms. The highest BCUT2D eigenvalue weighted by atomic mass is 35.5. The SMILES string of the molecule is Cn1nc(Cl)c2cc(C(=O)CN)ccc21. The molecular formula is C10H10ClN3O. The number of hydrogen-bond acceptors (Lipinski definition) is 3. The molecule has 0 atom stereocenters. The number of halogens is 1. The molecule has 1 aromatic heterocycles. The van der Waals surface area contributed by atoms with Crippen molar-refractivity contribution >= 4 is 28.3 Å². The molecule has 1 heterocycles. The van der Waals surface area contributed by atoms with Gasteiger partial charge in [-0.15, -0.1) is 0 Å². The first-order valence-corrected chi connectivity index (χ1v) is 4.87. The van der Waals surface area contributed by atoms with E-state index in [0.29, 0.717) is 10.7 Å². The summed E-state index contributed by atoms with van der Waals surface area (Å²) in [5.74, 6) is -0.100. The average Bonchev–Trinajstić information content (AvgIpc) is 2.53. The molecule has 0 unspecified atom stereocenters. The number of fused-ring (bicyclic) bond motifs is 1. The fourth-order valence-electron chi connectivity index (χ4n) is 1.51. The van der Waals surface area contributed by atoms with Crippen molar-refractivity contribution in [3.05, 3.63) is 28.9 Å². The molecule has 78 valence electrons. The molecule has 2 aromatic rings. The standard InChI is InChI=1S/C10H10ClN3O/c1-14-8-3-2-6(9(15)5-12)4-7(8)10(11)13-14/h2-4H,5,12H2,1H3. The molecule has 0 aliphatic heterocycles. The highest BCUT2D eigenvalue weighted by Gasteiger charge is 2.09. The van der Waals surface area contributed by atoms with Crippen LogP contribution in [0.2, 0.25) is 5.15 Å². The van der Waals surface area contributed by atoms with Gasteiger partial charge in [-0.1, -0.05) is 11.6 Å². The molecule has 0 saturated carbocycles. The third-order valence-electron chi connectivity index (χ3n) is 2.31. The monoisotopic (exact) mass is 223 g/mol. The lowest BCUT2D eigenvalue weighted by Crippen LogP contribution is -2.13. The van der Waals surface area contributed by atoms with Gasteiger partial charge in [-0.25, -0.2) is 0 Å². The van der Waals surface area contributed by atoms with E-state index in [1.54, 1.807) is 23.9 Å². The lowest BCUT2D eigenvalue weighted by Gasteiger charge is -1.98. The first kappa shape index (κ1) is 10.1. The number of aromatic nitrogens is 2. The van der Waals surface area contributed by atoms with Crippen molar-refractivity contribution in [1.29, 1.82) is 0 Å². The quantitative estimate of drug-likeness (QED) is 0.783. The largest absolute Gasteiger partial charge is 0.324 e. The van der Waals surface area contributed by atoms with Crippen LogP contribution in [0.1, 0.15) is 10.4 Å². The van der Waals surface area contributed by atoms with E-state index >= 15 is 0 Å². The van der Waals surface area contributed by atoms with E-state index in [1.807, 2.05) is 6.07 Å². The summed E-state index contributed by atoms with van der Waals surface area (Å²) in [4.78, 5) is 11.4. The molecule has 4 nitrogen and oxygen atoms in total. The Morgan fingerprint density at radius 2 is 2.33 bits per heavy atom. The average molecular weight is 224 g/mol. The normalized spacial score (nSPS) is 10.9. The predicted molar refractivity (Wildman–Crippen MR) is 59.1 cm³/mol. The van der Waals surface area contributed by atoms with Gasteiger partial charge in [0, 0.05) is 18.0 Å². The number of ketones is 1. The second-order valence-corrected chi connectivity index (χ2v) is 3.63. The van der Waals surface area contributed by atoms with Crippen LogP contribution in [0.25, 0.3) is 10.9 Å². The minimum atomic E-state index is -0.100.